The van der Waals surface area contributed by atoms with Crippen molar-refractivity contribution in [1.82, 2.24) is 4.90 Å². The zero-order valence-electron chi connectivity index (χ0n) is 14.5. The lowest BCUT2D eigenvalue weighted by molar-refractivity contribution is 0.0651. The van der Waals surface area contributed by atoms with E-state index in [9.17, 15) is 9.59 Å². The fraction of sp³-hybridized carbons (Fsp3) is 0.333. The number of carbonyl (C=O) groups excluding carboxylic acids is 2. The SMILES string of the molecule is Cc1ccccc1SCCCCCCN1C(=O)c2ccccc2C1=O. The van der Waals surface area contributed by atoms with Crippen molar-refractivity contribution >= 4 is 23.6 Å². The second kappa shape index (κ2) is 8.34. The van der Waals surface area contributed by atoms with Gasteiger partial charge in [-0.15, -0.1) is 11.8 Å². The lowest BCUT2D eigenvalue weighted by Crippen LogP contribution is -2.30. The van der Waals surface area contributed by atoms with E-state index >= 15 is 0 Å². The number of benzene rings is 2. The Morgan fingerprint density at radius 3 is 2.08 bits per heavy atom. The lowest BCUT2D eigenvalue weighted by atomic mass is 10.1. The predicted molar refractivity (Wildman–Crippen MR) is 102 cm³/mol. The van der Waals surface area contributed by atoms with Crippen LogP contribution in [0.2, 0.25) is 0 Å². The van der Waals surface area contributed by atoms with E-state index in [-0.39, 0.29) is 11.8 Å². The molecule has 130 valence electrons. The van der Waals surface area contributed by atoms with Gasteiger partial charge in [0.25, 0.3) is 11.8 Å². The average molecular weight is 353 g/mol. The maximum atomic E-state index is 12.3. The molecule has 1 aliphatic heterocycles. The van der Waals surface area contributed by atoms with Crippen LogP contribution >= 0.6 is 11.8 Å². The van der Waals surface area contributed by atoms with E-state index in [4.69, 9.17) is 0 Å². The third kappa shape index (κ3) is 4.13. The first-order valence-electron chi connectivity index (χ1n) is 8.82. The van der Waals surface area contributed by atoms with Crippen molar-refractivity contribution in [2.24, 2.45) is 0 Å². The summed E-state index contributed by atoms with van der Waals surface area (Å²) in [5, 5.41) is 0. The molecule has 0 spiro atoms. The Labute approximate surface area is 153 Å². The Kier molecular flexibility index (Phi) is 5.92. The van der Waals surface area contributed by atoms with E-state index in [1.54, 1.807) is 24.3 Å². The normalized spacial score (nSPS) is 13.4. The Morgan fingerprint density at radius 2 is 1.40 bits per heavy atom. The van der Waals surface area contributed by atoms with Gasteiger partial charge in [0, 0.05) is 11.4 Å². The molecule has 25 heavy (non-hydrogen) atoms. The van der Waals surface area contributed by atoms with Crippen molar-refractivity contribution in [2.45, 2.75) is 37.5 Å². The molecule has 2 amide bonds. The fourth-order valence-electron chi connectivity index (χ4n) is 3.07. The second-order valence-electron chi connectivity index (χ2n) is 6.34. The zero-order valence-corrected chi connectivity index (χ0v) is 15.3. The van der Waals surface area contributed by atoms with Gasteiger partial charge in [-0.2, -0.15) is 0 Å². The number of imide groups is 1. The molecule has 0 aromatic heterocycles. The van der Waals surface area contributed by atoms with Crippen LogP contribution in [0.5, 0.6) is 0 Å². The predicted octanol–water partition coefficient (Wildman–Crippen LogP) is 4.94. The van der Waals surface area contributed by atoms with Crippen LogP contribution in [0.3, 0.4) is 0 Å². The van der Waals surface area contributed by atoms with Crippen LogP contribution in [0.25, 0.3) is 0 Å². The minimum absolute atomic E-state index is 0.143. The Balaban J connectivity index is 1.35. The smallest absolute Gasteiger partial charge is 0.261 e. The first kappa shape index (κ1) is 17.7. The van der Waals surface area contributed by atoms with Crippen LogP contribution < -0.4 is 0 Å². The Hall–Kier alpha value is -2.07. The molecule has 0 saturated heterocycles. The summed E-state index contributed by atoms with van der Waals surface area (Å²) in [4.78, 5) is 27.3. The van der Waals surface area contributed by atoms with Crippen LogP contribution in [-0.4, -0.2) is 29.0 Å². The lowest BCUT2D eigenvalue weighted by Gasteiger charge is -2.13. The number of carbonyl (C=O) groups is 2. The molecule has 1 heterocycles. The van der Waals surface area contributed by atoms with Gasteiger partial charge < -0.3 is 0 Å². The number of hydrogen-bond donors (Lipinski definition) is 0. The third-order valence-corrected chi connectivity index (χ3v) is 5.77. The topological polar surface area (TPSA) is 37.4 Å². The first-order chi connectivity index (χ1) is 12.2. The second-order valence-corrected chi connectivity index (χ2v) is 7.47. The van der Waals surface area contributed by atoms with Crippen LogP contribution in [0, 0.1) is 6.92 Å². The van der Waals surface area contributed by atoms with Gasteiger partial charge in [0.2, 0.25) is 0 Å². The zero-order chi connectivity index (χ0) is 17.6. The molecule has 0 aliphatic carbocycles. The standard InChI is InChI=1S/C21H23NO2S/c1-16-10-4-7-13-19(16)25-15-9-3-2-8-14-22-20(23)17-11-5-6-12-18(17)21(22)24/h4-7,10-13H,2-3,8-9,14-15H2,1H3. The van der Waals surface area contributed by atoms with E-state index in [2.05, 4.69) is 31.2 Å². The number of thioether (sulfide) groups is 1. The fourth-order valence-corrected chi connectivity index (χ4v) is 4.11. The van der Waals surface area contributed by atoms with Gasteiger partial charge >= 0.3 is 0 Å². The minimum atomic E-state index is -0.143. The molecule has 3 nitrogen and oxygen atoms in total. The van der Waals surface area contributed by atoms with Gasteiger partial charge in [-0.05, 0) is 49.3 Å². The monoisotopic (exact) mass is 353 g/mol. The number of nitrogens with zero attached hydrogens (tertiary/aromatic N) is 1. The number of amides is 2. The highest BCUT2D eigenvalue weighted by atomic mass is 32.2. The number of hydrogen-bond acceptors (Lipinski definition) is 3. The molecule has 0 radical (unpaired) electrons. The molecule has 2 aromatic carbocycles. The largest absolute Gasteiger partial charge is 0.274 e. The summed E-state index contributed by atoms with van der Waals surface area (Å²) in [6, 6.07) is 15.5. The molecule has 0 unspecified atom stereocenters. The highest BCUT2D eigenvalue weighted by molar-refractivity contribution is 7.99. The van der Waals surface area contributed by atoms with Crippen LogP contribution in [0.1, 0.15) is 52.0 Å². The molecular weight excluding hydrogens is 330 g/mol. The molecule has 0 atom stereocenters. The van der Waals surface area contributed by atoms with Gasteiger partial charge in [-0.25, -0.2) is 0 Å². The third-order valence-electron chi connectivity index (χ3n) is 4.51. The molecule has 0 saturated carbocycles. The summed E-state index contributed by atoms with van der Waals surface area (Å²) in [5.41, 5.74) is 2.42. The number of rotatable bonds is 8. The summed E-state index contributed by atoms with van der Waals surface area (Å²) in [7, 11) is 0. The minimum Gasteiger partial charge on any atom is -0.274 e. The van der Waals surface area contributed by atoms with Crippen LogP contribution in [0.4, 0.5) is 0 Å². The molecule has 0 bridgehead atoms. The molecule has 0 N–H and O–H groups in total. The molecule has 2 aromatic rings. The molecule has 4 heteroatoms. The first-order valence-corrected chi connectivity index (χ1v) is 9.80. The average Bonchev–Trinajstić information content (AvgIpc) is 2.87. The van der Waals surface area contributed by atoms with Crippen molar-refractivity contribution < 1.29 is 9.59 Å². The van der Waals surface area contributed by atoms with Gasteiger partial charge in [0.1, 0.15) is 0 Å². The summed E-state index contributed by atoms with van der Waals surface area (Å²) < 4.78 is 0. The molecule has 1 aliphatic rings. The molecule has 0 fully saturated rings. The van der Waals surface area contributed by atoms with Gasteiger partial charge in [0.15, 0.2) is 0 Å². The van der Waals surface area contributed by atoms with Crippen LogP contribution in [0.15, 0.2) is 53.4 Å². The highest BCUT2D eigenvalue weighted by Crippen LogP contribution is 2.24. The summed E-state index contributed by atoms with van der Waals surface area (Å²) >= 11 is 1.90. The molecule has 3 rings (SSSR count). The summed E-state index contributed by atoms with van der Waals surface area (Å²) in [5.74, 6) is 0.823. The van der Waals surface area contributed by atoms with Crippen molar-refractivity contribution in [2.75, 3.05) is 12.3 Å². The maximum Gasteiger partial charge on any atom is 0.261 e. The van der Waals surface area contributed by atoms with Gasteiger partial charge in [-0.1, -0.05) is 43.2 Å². The Morgan fingerprint density at radius 1 is 0.800 bits per heavy atom. The van der Waals surface area contributed by atoms with E-state index in [0.717, 1.165) is 31.4 Å². The van der Waals surface area contributed by atoms with Crippen molar-refractivity contribution in [1.29, 1.82) is 0 Å². The van der Waals surface area contributed by atoms with E-state index in [0.29, 0.717) is 17.7 Å². The molecular formula is C21H23NO2S. The number of unbranched alkanes of at least 4 members (excludes halogenated alkanes) is 3. The van der Waals surface area contributed by atoms with E-state index in [1.807, 2.05) is 11.8 Å². The Bertz CT molecular complexity index is 737. The van der Waals surface area contributed by atoms with Crippen LogP contribution in [-0.2, 0) is 0 Å². The van der Waals surface area contributed by atoms with Crippen molar-refractivity contribution in [3.05, 3.63) is 65.2 Å². The number of aryl methyl sites for hydroxylation is 1. The van der Waals surface area contributed by atoms with E-state index < -0.39 is 0 Å². The van der Waals surface area contributed by atoms with Crippen molar-refractivity contribution in [3.63, 3.8) is 0 Å². The van der Waals surface area contributed by atoms with Gasteiger partial charge in [-0.3, -0.25) is 14.5 Å². The van der Waals surface area contributed by atoms with E-state index in [1.165, 1.54) is 15.4 Å². The highest BCUT2D eigenvalue weighted by Gasteiger charge is 2.34. The summed E-state index contributed by atoms with van der Waals surface area (Å²) in [6.07, 6.45) is 4.20. The quantitative estimate of drug-likeness (QED) is 0.383. The number of fused-ring (bicyclic) bond motifs is 1. The summed E-state index contributed by atoms with van der Waals surface area (Å²) in [6.45, 7) is 2.67. The maximum absolute atomic E-state index is 12.3. The van der Waals surface area contributed by atoms with Crippen molar-refractivity contribution in [3.8, 4) is 0 Å². The van der Waals surface area contributed by atoms with Gasteiger partial charge in [0.05, 0.1) is 11.1 Å².